The fraction of sp³-hybridized carbons (Fsp3) is 0.583. The van der Waals surface area contributed by atoms with Crippen LogP contribution in [-0.2, 0) is 7.05 Å². The van der Waals surface area contributed by atoms with Crippen LogP contribution in [0.15, 0.2) is 17.7 Å². The van der Waals surface area contributed by atoms with Gasteiger partial charge >= 0.3 is 0 Å². The number of hydrogen-bond donors (Lipinski definition) is 2. The highest BCUT2D eigenvalue weighted by molar-refractivity contribution is 5.92. The Morgan fingerprint density at radius 1 is 1.45 bits per heavy atom. The molecule has 8 heteroatoms. The monoisotopic (exact) mass is 280 g/mol. The van der Waals surface area contributed by atoms with Crippen LogP contribution in [0, 0.1) is 0 Å². The number of aromatic nitrogens is 2. The first-order valence-electron chi connectivity index (χ1n) is 6.51. The van der Waals surface area contributed by atoms with Crippen molar-refractivity contribution >= 4 is 11.7 Å². The maximum atomic E-state index is 12.2. The number of piperazine rings is 1. The zero-order valence-corrected chi connectivity index (χ0v) is 11.7. The Hall–Kier alpha value is -2.09. The van der Waals surface area contributed by atoms with Gasteiger partial charge in [0.05, 0.1) is 12.4 Å². The molecule has 1 aromatic heterocycles. The summed E-state index contributed by atoms with van der Waals surface area (Å²) >= 11 is 0. The third-order valence-corrected chi connectivity index (χ3v) is 3.62. The van der Waals surface area contributed by atoms with Crippen molar-refractivity contribution in [2.75, 3.05) is 26.2 Å². The van der Waals surface area contributed by atoms with E-state index in [9.17, 15) is 4.79 Å². The van der Waals surface area contributed by atoms with Crippen molar-refractivity contribution < 1.29 is 10.0 Å². The number of rotatable bonds is 3. The van der Waals surface area contributed by atoms with Gasteiger partial charge in [-0.25, -0.2) is 4.98 Å². The Bertz CT molecular complexity index is 504. The average molecular weight is 280 g/mol. The topological polar surface area (TPSA) is 100.0 Å². The average Bonchev–Trinajstić information content (AvgIpc) is 2.91. The summed E-state index contributed by atoms with van der Waals surface area (Å²) in [5.74, 6) is 0.135. The molecule has 1 aromatic rings. The van der Waals surface area contributed by atoms with Crippen molar-refractivity contribution in [3.63, 3.8) is 0 Å². The van der Waals surface area contributed by atoms with Crippen LogP contribution in [0.3, 0.4) is 0 Å². The van der Waals surface area contributed by atoms with Gasteiger partial charge in [0, 0.05) is 39.4 Å². The van der Waals surface area contributed by atoms with Crippen molar-refractivity contribution in [3.8, 4) is 0 Å². The number of nitrogens with zero attached hydrogens (tertiary/aromatic N) is 5. The molecular weight excluding hydrogens is 260 g/mol. The highest BCUT2D eigenvalue weighted by atomic mass is 16.4. The minimum absolute atomic E-state index is 0.0540. The number of oxime groups is 1. The van der Waals surface area contributed by atoms with Gasteiger partial charge in [0.15, 0.2) is 5.84 Å². The smallest absolute Gasteiger partial charge is 0.274 e. The van der Waals surface area contributed by atoms with E-state index in [2.05, 4.69) is 15.0 Å². The molecule has 0 spiro atoms. The number of amidine groups is 1. The van der Waals surface area contributed by atoms with Gasteiger partial charge in [0.25, 0.3) is 5.91 Å². The molecule has 1 amide bonds. The lowest BCUT2D eigenvalue weighted by Gasteiger charge is -2.37. The van der Waals surface area contributed by atoms with Gasteiger partial charge in [0.2, 0.25) is 0 Å². The zero-order chi connectivity index (χ0) is 14.7. The number of carbonyl (C=O) groups excluding carboxylic acids is 1. The summed E-state index contributed by atoms with van der Waals surface area (Å²) in [6, 6.07) is -0.132. The summed E-state index contributed by atoms with van der Waals surface area (Å²) in [5.41, 5.74) is 6.06. The van der Waals surface area contributed by atoms with Crippen molar-refractivity contribution in [2.24, 2.45) is 17.9 Å². The van der Waals surface area contributed by atoms with Gasteiger partial charge in [-0.15, -0.1) is 0 Å². The highest BCUT2D eigenvalue weighted by Crippen LogP contribution is 2.09. The highest BCUT2D eigenvalue weighted by Gasteiger charge is 2.27. The number of aryl methyl sites for hydroxylation is 1. The molecular formula is C12H20N6O2. The summed E-state index contributed by atoms with van der Waals surface area (Å²) in [6.07, 6.45) is 3.33. The molecule has 0 aromatic carbocycles. The summed E-state index contributed by atoms with van der Waals surface area (Å²) in [5, 5.41) is 11.7. The fourth-order valence-corrected chi connectivity index (χ4v) is 2.27. The molecule has 1 unspecified atom stereocenters. The largest absolute Gasteiger partial charge is 0.409 e. The number of imidazole rings is 1. The molecule has 1 fully saturated rings. The minimum atomic E-state index is -0.132. The van der Waals surface area contributed by atoms with E-state index in [4.69, 9.17) is 10.9 Å². The Labute approximate surface area is 117 Å². The Morgan fingerprint density at radius 3 is 2.60 bits per heavy atom. The van der Waals surface area contributed by atoms with Crippen LogP contribution < -0.4 is 5.73 Å². The number of carbonyl (C=O) groups is 1. The Balaban J connectivity index is 1.93. The summed E-state index contributed by atoms with van der Waals surface area (Å²) in [7, 11) is 1.83. The molecule has 0 aliphatic carbocycles. The lowest BCUT2D eigenvalue weighted by molar-refractivity contribution is 0.0613. The fourth-order valence-electron chi connectivity index (χ4n) is 2.27. The Kier molecular flexibility index (Phi) is 4.23. The predicted octanol–water partition coefficient (Wildman–Crippen LogP) is -0.687. The van der Waals surface area contributed by atoms with Crippen LogP contribution >= 0.6 is 0 Å². The van der Waals surface area contributed by atoms with Crippen LogP contribution in [0.5, 0.6) is 0 Å². The summed E-state index contributed by atoms with van der Waals surface area (Å²) in [4.78, 5) is 20.2. The SMILES string of the molecule is CC(C(N)=NO)N1CCN(C(=O)c2cn(C)cn2)CC1. The van der Waals surface area contributed by atoms with Crippen molar-refractivity contribution in [3.05, 3.63) is 18.2 Å². The van der Waals surface area contributed by atoms with Crippen molar-refractivity contribution in [2.45, 2.75) is 13.0 Å². The lowest BCUT2D eigenvalue weighted by atomic mass is 10.2. The standard InChI is InChI=1S/C12H20N6O2/c1-9(11(13)15-20)17-3-5-18(6-4-17)12(19)10-7-16(2)8-14-10/h7-9,20H,3-6H2,1-2H3,(H2,13,15). The van der Waals surface area contributed by atoms with Crippen LogP contribution in [0.2, 0.25) is 0 Å². The van der Waals surface area contributed by atoms with E-state index >= 15 is 0 Å². The molecule has 1 saturated heterocycles. The van der Waals surface area contributed by atoms with Gasteiger partial charge in [-0.1, -0.05) is 5.16 Å². The van der Waals surface area contributed by atoms with E-state index in [1.54, 1.807) is 22.0 Å². The van der Waals surface area contributed by atoms with E-state index in [1.807, 2.05) is 14.0 Å². The van der Waals surface area contributed by atoms with Crippen LogP contribution in [0.4, 0.5) is 0 Å². The maximum Gasteiger partial charge on any atom is 0.274 e. The Morgan fingerprint density at radius 2 is 2.10 bits per heavy atom. The molecule has 0 radical (unpaired) electrons. The normalized spacial score (nSPS) is 19.1. The van der Waals surface area contributed by atoms with E-state index in [1.165, 1.54) is 0 Å². The van der Waals surface area contributed by atoms with Gasteiger partial charge in [-0.2, -0.15) is 0 Å². The maximum absolute atomic E-state index is 12.2. The first kappa shape index (κ1) is 14.3. The predicted molar refractivity (Wildman–Crippen MR) is 73.6 cm³/mol. The molecule has 2 rings (SSSR count). The number of nitrogens with two attached hydrogens (primary N) is 1. The van der Waals surface area contributed by atoms with Gasteiger partial charge < -0.3 is 20.4 Å². The molecule has 1 aliphatic heterocycles. The summed E-state index contributed by atoms with van der Waals surface area (Å²) in [6.45, 7) is 4.48. The number of amides is 1. The molecule has 1 atom stereocenters. The van der Waals surface area contributed by atoms with E-state index in [0.717, 1.165) is 0 Å². The molecule has 1 aliphatic rings. The van der Waals surface area contributed by atoms with Crippen molar-refractivity contribution in [1.29, 1.82) is 0 Å². The van der Waals surface area contributed by atoms with Crippen LogP contribution in [0.25, 0.3) is 0 Å². The van der Waals surface area contributed by atoms with Crippen LogP contribution in [0.1, 0.15) is 17.4 Å². The number of hydrogen-bond acceptors (Lipinski definition) is 5. The van der Waals surface area contributed by atoms with E-state index < -0.39 is 0 Å². The molecule has 3 N–H and O–H groups in total. The quantitative estimate of drug-likeness (QED) is 0.330. The minimum Gasteiger partial charge on any atom is -0.409 e. The third kappa shape index (κ3) is 2.90. The van der Waals surface area contributed by atoms with Gasteiger partial charge in [-0.3, -0.25) is 9.69 Å². The van der Waals surface area contributed by atoms with Gasteiger partial charge in [0.1, 0.15) is 5.69 Å². The molecule has 110 valence electrons. The molecule has 0 saturated carbocycles. The molecule has 20 heavy (non-hydrogen) atoms. The lowest BCUT2D eigenvalue weighted by Crippen LogP contribution is -2.54. The zero-order valence-electron chi connectivity index (χ0n) is 11.7. The van der Waals surface area contributed by atoms with E-state index in [-0.39, 0.29) is 17.8 Å². The van der Waals surface area contributed by atoms with Crippen LogP contribution in [-0.4, -0.2) is 68.5 Å². The van der Waals surface area contributed by atoms with Gasteiger partial charge in [-0.05, 0) is 6.92 Å². The first-order chi connectivity index (χ1) is 9.52. The first-order valence-corrected chi connectivity index (χ1v) is 6.51. The molecule has 8 nitrogen and oxygen atoms in total. The summed E-state index contributed by atoms with van der Waals surface area (Å²) < 4.78 is 1.75. The second kappa shape index (κ2) is 5.91. The van der Waals surface area contributed by atoms with E-state index in [0.29, 0.717) is 31.9 Å². The second-order valence-corrected chi connectivity index (χ2v) is 4.95. The van der Waals surface area contributed by atoms with Crippen molar-refractivity contribution in [1.82, 2.24) is 19.4 Å². The second-order valence-electron chi connectivity index (χ2n) is 4.95. The molecule has 0 bridgehead atoms. The third-order valence-electron chi connectivity index (χ3n) is 3.62. The molecule has 2 heterocycles.